The van der Waals surface area contributed by atoms with E-state index in [9.17, 15) is 22.9 Å². The Labute approximate surface area is 133 Å². The lowest BCUT2D eigenvalue weighted by atomic mass is 9.93. The summed E-state index contributed by atoms with van der Waals surface area (Å²) < 4.78 is 37.2. The van der Waals surface area contributed by atoms with Crippen LogP contribution >= 0.6 is 0 Å². The summed E-state index contributed by atoms with van der Waals surface area (Å²) in [6.45, 7) is 0.650. The first-order valence-corrected chi connectivity index (χ1v) is 8.31. The molecule has 23 heavy (non-hydrogen) atoms. The zero-order valence-corrected chi connectivity index (χ0v) is 13.3. The average molecular weight is 354 g/mol. The highest BCUT2D eigenvalue weighted by Crippen LogP contribution is 2.28. The van der Waals surface area contributed by atoms with Crippen LogP contribution in [0.3, 0.4) is 0 Å². The van der Waals surface area contributed by atoms with Crippen molar-refractivity contribution in [3.63, 3.8) is 0 Å². The highest BCUT2D eigenvalue weighted by atomic mass is 32.2. The second kappa shape index (κ2) is 7.88. The number of rotatable bonds is 6. The summed E-state index contributed by atoms with van der Waals surface area (Å²) >= 11 is 0. The van der Waals surface area contributed by atoms with Crippen LogP contribution in [-0.4, -0.2) is 71.4 Å². The van der Waals surface area contributed by atoms with Crippen molar-refractivity contribution in [1.29, 1.82) is 0 Å². The number of aliphatic imine (C=N–C) groups is 1. The standard InChI is InChI=1S/C11H22N4O7S/c1-5(17)14-10-7(15-11(12)13)3-9(23(19,20)21)22-8(10)2-6(18)4-16/h6-10,16,18H,2-4H2,1H3,(H,14,17)(H4,12,13,15)(H,19,20,21)/t6-,7-,8-,9+,10+/m0/s1. The molecule has 11 nitrogen and oxygen atoms in total. The third-order valence-corrected chi connectivity index (χ3v) is 4.28. The molecule has 12 heteroatoms. The highest BCUT2D eigenvalue weighted by molar-refractivity contribution is 7.86. The van der Waals surface area contributed by atoms with Crippen molar-refractivity contribution in [1.82, 2.24) is 5.32 Å². The fraction of sp³-hybridized carbons (Fsp3) is 0.818. The number of aliphatic hydroxyl groups is 2. The molecule has 0 saturated carbocycles. The van der Waals surface area contributed by atoms with E-state index in [0.717, 1.165) is 0 Å². The van der Waals surface area contributed by atoms with Crippen molar-refractivity contribution in [3.05, 3.63) is 0 Å². The van der Waals surface area contributed by atoms with Crippen molar-refractivity contribution < 1.29 is 32.7 Å². The molecule has 0 unspecified atom stereocenters. The maximum atomic E-state index is 11.4. The van der Waals surface area contributed by atoms with Gasteiger partial charge in [0.25, 0.3) is 10.1 Å². The molecule has 0 aromatic carbocycles. The molecule has 0 aromatic heterocycles. The van der Waals surface area contributed by atoms with Crippen LogP contribution in [0.2, 0.25) is 0 Å². The van der Waals surface area contributed by atoms with Crippen molar-refractivity contribution in [2.45, 2.75) is 49.5 Å². The Bertz CT molecular complexity index is 549. The Morgan fingerprint density at radius 3 is 2.52 bits per heavy atom. The Hall–Kier alpha value is -1.47. The number of carbonyl (C=O) groups excluding carboxylic acids is 1. The topological polar surface area (TPSA) is 198 Å². The molecule has 1 aliphatic rings. The molecule has 1 fully saturated rings. The van der Waals surface area contributed by atoms with Crippen LogP contribution in [0.25, 0.3) is 0 Å². The van der Waals surface area contributed by atoms with E-state index < -0.39 is 52.4 Å². The molecule has 134 valence electrons. The fourth-order valence-electron chi connectivity index (χ4n) is 2.41. The van der Waals surface area contributed by atoms with E-state index in [4.69, 9.17) is 21.3 Å². The van der Waals surface area contributed by atoms with Gasteiger partial charge in [0.1, 0.15) is 0 Å². The Kier molecular flexibility index (Phi) is 6.70. The summed E-state index contributed by atoms with van der Waals surface area (Å²) in [5, 5.41) is 21.1. The van der Waals surface area contributed by atoms with Crippen molar-refractivity contribution in [2.75, 3.05) is 6.61 Å². The highest BCUT2D eigenvalue weighted by Gasteiger charge is 2.44. The van der Waals surface area contributed by atoms with Gasteiger partial charge in [-0.1, -0.05) is 0 Å². The third kappa shape index (κ3) is 5.91. The average Bonchev–Trinajstić information content (AvgIpc) is 2.39. The lowest BCUT2D eigenvalue weighted by Gasteiger charge is -2.40. The number of guanidine groups is 1. The van der Waals surface area contributed by atoms with Gasteiger partial charge < -0.3 is 31.7 Å². The predicted molar refractivity (Wildman–Crippen MR) is 79.7 cm³/mol. The number of hydrogen-bond donors (Lipinski definition) is 6. The van der Waals surface area contributed by atoms with E-state index in [2.05, 4.69) is 10.3 Å². The summed E-state index contributed by atoms with van der Waals surface area (Å²) in [5.41, 5.74) is 9.02. The second-order valence-electron chi connectivity index (χ2n) is 5.27. The minimum atomic E-state index is -4.55. The van der Waals surface area contributed by atoms with Gasteiger partial charge in [0.2, 0.25) is 5.91 Å². The van der Waals surface area contributed by atoms with Gasteiger partial charge in [-0.15, -0.1) is 0 Å². The first-order chi connectivity index (χ1) is 10.5. The number of hydrogen-bond acceptors (Lipinski definition) is 7. The van der Waals surface area contributed by atoms with E-state index in [0.29, 0.717) is 0 Å². The van der Waals surface area contributed by atoms with Gasteiger partial charge in [0.15, 0.2) is 11.4 Å². The first kappa shape index (κ1) is 19.6. The zero-order chi connectivity index (χ0) is 17.8. The van der Waals surface area contributed by atoms with Crippen LogP contribution in [0.15, 0.2) is 4.99 Å². The lowest BCUT2D eigenvalue weighted by Crippen LogP contribution is -2.58. The maximum absolute atomic E-state index is 11.4. The number of amides is 1. The Balaban J connectivity index is 3.15. The van der Waals surface area contributed by atoms with Crippen LogP contribution in [0.4, 0.5) is 0 Å². The molecule has 0 radical (unpaired) electrons. The molecule has 1 heterocycles. The van der Waals surface area contributed by atoms with Crippen LogP contribution < -0.4 is 16.8 Å². The van der Waals surface area contributed by atoms with Gasteiger partial charge in [-0.2, -0.15) is 8.42 Å². The van der Waals surface area contributed by atoms with E-state index in [1.165, 1.54) is 6.92 Å². The van der Waals surface area contributed by atoms with Crippen molar-refractivity contribution >= 4 is 22.0 Å². The Morgan fingerprint density at radius 2 is 2.09 bits per heavy atom. The quantitative estimate of drug-likeness (QED) is 0.162. The molecule has 0 bridgehead atoms. The number of nitrogens with two attached hydrogens (primary N) is 2. The molecule has 5 atom stereocenters. The summed E-state index contributed by atoms with van der Waals surface area (Å²) in [5.74, 6) is -0.772. The van der Waals surface area contributed by atoms with Gasteiger partial charge in [0, 0.05) is 19.8 Å². The minimum absolute atomic E-state index is 0.191. The minimum Gasteiger partial charge on any atom is -0.394 e. The molecule has 8 N–H and O–H groups in total. The number of carbonyl (C=O) groups is 1. The largest absolute Gasteiger partial charge is 0.394 e. The maximum Gasteiger partial charge on any atom is 0.292 e. The van der Waals surface area contributed by atoms with Gasteiger partial charge >= 0.3 is 0 Å². The van der Waals surface area contributed by atoms with Gasteiger partial charge in [-0.05, 0) is 0 Å². The number of aliphatic hydroxyl groups excluding tert-OH is 2. The van der Waals surface area contributed by atoms with E-state index >= 15 is 0 Å². The van der Waals surface area contributed by atoms with Gasteiger partial charge in [0.05, 0.1) is 30.9 Å². The monoisotopic (exact) mass is 354 g/mol. The molecule has 1 rings (SSSR count). The molecule has 1 aliphatic heterocycles. The molecule has 1 saturated heterocycles. The lowest BCUT2D eigenvalue weighted by molar-refractivity contribution is -0.124. The smallest absolute Gasteiger partial charge is 0.292 e. The second-order valence-corrected chi connectivity index (χ2v) is 6.83. The van der Waals surface area contributed by atoms with Crippen LogP contribution in [0, 0.1) is 0 Å². The van der Waals surface area contributed by atoms with Crippen LogP contribution in [-0.2, 0) is 19.6 Å². The van der Waals surface area contributed by atoms with Crippen molar-refractivity contribution in [2.24, 2.45) is 16.5 Å². The zero-order valence-electron chi connectivity index (χ0n) is 12.5. The molecule has 0 spiro atoms. The van der Waals surface area contributed by atoms with E-state index in [-0.39, 0.29) is 18.8 Å². The molecular formula is C11H22N4O7S. The van der Waals surface area contributed by atoms with Crippen LogP contribution in [0.5, 0.6) is 0 Å². The van der Waals surface area contributed by atoms with Crippen molar-refractivity contribution in [3.8, 4) is 0 Å². The SMILES string of the molecule is CC(=O)N[C@@H]1[C@@H](N=C(N)N)C[C@@H](S(=O)(=O)O)O[C@H]1C[C@H](O)CO. The summed E-state index contributed by atoms with van der Waals surface area (Å²) in [7, 11) is -4.55. The van der Waals surface area contributed by atoms with Gasteiger partial charge in [-0.25, -0.2) is 4.99 Å². The van der Waals surface area contributed by atoms with E-state index in [1.54, 1.807) is 0 Å². The molecule has 1 amide bonds. The number of ether oxygens (including phenoxy) is 1. The number of nitrogens with zero attached hydrogens (tertiary/aromatic N) is 1. The normalized spacial score (nSPS) is 29.6. The summed E-state index contributed by atoms with van der Waals surface area (Å²) in [6.07, 6.45) is -2.72. The molecule has 0 aromatic rings. The number of nitrogens with one attached hydrogen (secondary N) is 1. The van der Waals surface area contributed by atoms with Crippen LogP contribution in [0.1, 0.15) is 19.8 Å². The summed E-state index contributed by atoms with van der Waals surface area (Å²) in [4.78, 5) is 15.2. The molecular weight excluding hydrogens is 332 g/mol. The summed E-state index contributed by atoms with van der Waals surface area (Å²) in [6, 6.07) is -1.73. The van der Waals surface area contributed by atoms with E-state index in [1.807, 2.05) is 0 Å². The van der Waals surface area contributed by atoms with Gasteiger partial charge in [-0.3, -0.25) is 9.35 Å². The third-order valence-electron chi connectivity index (χ3n) is 3.31. The first-order valence-electron chi connectivity index (χ1n) is 6.81. The predicted octanol–water partition coefficient (Wildman–Crippen LogP) is -3.12. The Morgan fingerprint density at radius 1 is 1.48 bits per heavy atom. The fourth-order valence-corrected chi connectivity index (χ4v) is 3.14. The molecule has 0 aliphatic carbocycles.